The third-order valence-electron chi connectivity index (χ3n) is 4.00. The van der Waals surface area contributed by atoms with Gasteiger partial charge in [0, 0.05) is 6.54 Å². The van der Waals surface area contributed by atoms with Crippen LogP contribution in [0.15, 0.2) is 18.9 Å². The molecule has 0 amide bonds. The van der Waals surface area contributed by atoms with Crippen LogP contribution in [0.5, 0.6) is 0 Å². The highest BCUT2D eigenvalue weighted by Gasteiger charge is 2.05. The Morgan fingerprint density at radius 2 is 1.55 bits per heavy atom. The van der Waals surface area contributed by atoms with Gasteiger partial charge in [0.05, 0.1) is 6.20 Å². The Morgan fingerprint density at radius 1 is 0.864 bits per heavy atom. The number of unbranched alkanes of at least 4 members (excludes halogenated alkanes) is 9. The summed E-state index contributed by atoms with van der Waals surface area (Å²) in [5.41, 5.74) is 4.17. The summed E-state index contributed by atoms with van der Waals surface area (Å²) < 4.78 is 1.88. The second-order valence-electron chi connectivity index (χ2n) is 5.95. The lowest BCUT2D eigenvalue weighted by Crippen LogP contribution is -2.16. The number of imidazole rings is 1. The van der Waals surface area contributed by atoms with Crippen molar-refractivity contribution in [2.75, 3.05) is 12.0 Å². The third-order valence-corrected chi connectivity index (χ3v) is 4.00. The molecule has 122 valence electrons. The average molecular weight is 303 g/mol. The fourth-order valence-electron chi connectivity index (χ4n) is 2.65. The zero-order valence-corrected chi connectivity index (χ0v) is 13.8. The summed E-state index contributed by atoms with van der Waals surface area (Å²) in [5, 5.41) is 0. The molecule has 22 heavy (non-hydrogen) atoms. The molecule has 2 heterocycles. The summed E-state index contributed by atoms with van der Waals surface area (Å²) in [6.07, 6.45) is 18.9. The molecule has 5 heteroatoms. The first-order chi connectivity index (χ1) is 10.9. The van der Waals surface area contributed by atoms with Crippen LogP contribution in [-0.2, 0) is 0 Å². The number of fused-ring (bicyclic) bond motifs is 1. The van der Waals surface area contributed by atoms with Crippen molar-refractivity contribution < 1.29 is 0 Å². The second kappa shape index (κ2) is 10.1. The van der Waals surface area contributed by atoms with E-state index in [-0.39, 0.29) is 0 Å². The minimum atomic E-state index is 0.706. The van der Waals surface area contributed by atoms with Crippen LogP contribution in [0.25, 0.3) is 11.5 Å². The molecule has 5 nitrogen and oxygen atoms in total. The van der Waals surface area contributed by atoms with Crippen LogP contribution in [0.3, 0.4) is 0 Å². The van der Waals surface area contributed by atoms with Gasteiger partial charge in [-0.25, -0.2) is 15.0 Å². The number of rotatable bonds is 12. The van der Waals surface area contributed by atoms with Crippen molar-refractivity contribution in [3.05, 3.63) is 18.9 Å². The third kappa shape index (κ3) is 6.00. The Labute approximate surface area is 133 Å². The van der Waals surface area contributed by atoms with Gasteiger partial charge >= 0.3 is 0 Å². The largest absolute Gasteiger partial charge is 0.325 e. The summed E-state index contributed by atoms with van der Waals surface area (Å²) in [6, 6.07) is 0. The molecule has 0 saturated carbocycles. The van der Waals surface area contributed by atoms with Crippen molar-refractivity contribution in [2.24, 2.45) is 0 Å². The smallest absolute Gasteiger partial charge is 0.182 e. The average Bonchev–Trinajstić information content (AvgIpc) is 3.00. The van der Waals surface area contributed by atoms with Crippen LogP contribution in [0.1, 0.15) is 71.1 Å². The van der Waals surface area contributed by atoms with Crippen LogP contribution in [0, 0.1) is 0 Å². The second-order valence-corrected chi connectivity index (χ2v) is 5.95. The van der Waals surface area contributed by atoms with Crippen molar-refractivity contribution in [3.63, 3.8) is 0 Å². The van der Waals surface area contributed by atoms with E-state index in [0.717, 1.165) is 12.2 Å². The van der Waals surface area contributed by atoms with Gasteiger partial charge in [-0.2, -0.15) is 0 Å². The summed E-state index contributed by atoms with van der Waals surface area (Å²) in [5.74, 6) is 0.706. The SMILES string of the molecule is CCCCCCCCCCCCNn1cnc2ncnc-2c1. The van der Waals surface area contributed by atoms with Crippen LogP contribution >= 0.6 is 0 Å². The van der Waals surface area contributed by atoms with Gasteiger partial charge in [0.15, 0.2) is 5.82 Å². The normalized spacial score (nSPS) is 11.1. The lowest BCUT2D eigenvalue weighted by atomic mass is 10.1. The van der Waals surface area contributed by atoms with E-state index in [1.54, 1.807) is 12.7 Å². The quantitative estimate of drug-likeness (QED) is 0.596. The number of hydrogen-bond donors (Lipinski definition) is 1. The number of nitrogens with zero attached hydrogens (tertiary/aromatic N) is 4. The van der Waals surface area contributed by atoms with Gasteiger partial charge in [0.25, 0.3) is 0 Å². The van der Waals surface area contributed by atoms with Gasteiger partial charge in [-0.3, -0.25) is 4.68 Å². The molecule has 1 N–H and O–H groups in total. The Bertz CT molecular complexity index is 482. The lowest BCUT2D eigenvalue weighted by Gasteiger charge is -2.10. The predicted octanol–water partition coefficient (Wildman–Crippen LogP) is 4.24. The summed E-state index contributed by atoms with van der Waals surface area (Å²) in [4.78, 5) is 12.4. The van der Waals surface area contributed by atoms with Crippen molar-refractivity contribution in [1.82, 2.24) is 19.6 Å². The zero-order valence-electron chi connectivity index (χ0n) is 13.8. The van der Waals surface area contributed by atoms with Crippen LogP contribution in [0.2, 0.25) is 0 Å². The minimum Gasteiger partial charge on any atom is -0.325 e. The van der Waals surface area contributed by atoms with Crippen molar-refractivity contribution in [3.8, 4) is 11.5 Å². The molecular weight excluding hydrogens is 274 g/mol. The number of nitrogens with one attached hydrogen (secondary N) is 1. The van der Waals surface area contributed by atoms with E-state index in [1.807, 2.05) is 10.9 Å². The predicted molar refractivity (Wildman–Crippen MR) is 90.5 cm³/mol. The van der Waals surface area contributed by atoms with Crippen LogP contribution < -0.4 is 5.43 Å². The van der Waals surface area contributed by atoms with E-state index in [0.29, 0.717) is 5.82 Å². The molecule has 0 aromatic rings. The summed E-state index contributed by atoms with van der Waals surface area (Å²) in [6.45, 7) is 3.25. The topological polar surface area (TPSA) is 55.6 Å². The molecular formula is C17H29N5. The van der Waals surface area contributed by atoms with Gasteiger partial charge in [0.2, 0.25) is 0 Å². The maximum atomic E-state index is 4.24. The number of aromatic nitrogens is 4. The Kier molecular flexibility index (Phi) is 7.70. The first kappa shape index (κ1) is 16.7. The highest BCUT2D eigenvalue weighted by Crippen LogP contribution is 2.11. The molecule has 0 fully saturated rings. The molecule has 0 bridgehead atoms. The highest BCUT2D eigenvalue weighted by molar-refractivity contribution is 5.47. The molecule has 0 aromatic carbocycles. The Hall–Kier alpha value is -1.65. The maximum absolute atomic E-state index is 4.24. The van der Waals surface area contributed by atoms with Gasteiger partial charge < -0.3 is 5.43 Å². The van der Waals surface area contributed by atoms with E-state index in [1.165, 1.54) is 64.2 Å². The molecule has 2 rings (SSSR count). The fourth-order valence-corrected chi connectivity index (χ4v) is 2.65. The van der Waals surface area contributed by atoms with Crippen molar-refractivity contribution in [2.45, 2.75) is 71.1 Å². The minimum absolute atomic E-state index is 0.706. The molecule has 2 aliphatic heterocycles. The molecule has 0 atom stereocenters. The van der Waals surface area contributed by atoms with Gasteiger partial charge in [-0.05, 0) is 6.42 Å². The van der Waals surface area contributed by atoms with E-state index in [2.05, 4.69) is 27.3 Å². The lowest BCUT2D eigenvalue weighted by molar-refractivity contribution is 0.557. The zero-order chi connectivity index (χ0) is 15.5. The van der Waals surface area contributed by atoms with Gasteiger partial charge in [-0.15, -0.1) is 0 Å². The standard InChI is InChI=1S/C17H29N5/c1-2-3-4-5-6-7-8-9-10-11-12-21-22-13-16-17(20-15-22)19-14-18-16/h13-15,21H,2-12H2,1H3. The van der Waals surface area contributed by atoms with Crippen molar-refractivity contribution >= 4 is 0 Å². The molecule has 0 aromatic heterocycles. The first-order valence-corrected chi connectivity index (χ1v) is 8.78. The maximum Gasteiger partial charge on any atom is 0.182 e. The van der Waals surface area contributed by atoms with E-state index in [4.69, 9.17) is 0 Å². The Morgan fingerprint density at radius 3 is 2.27 bits per heavy atom. The van der Waals surface area contributed by atoms with Crippen molar-refractivity contribution in [1.29, 1.82) is 0 Å². The molecule has 0 saturated heterocycles. The monoisotopic (exact) mass is 303 g/mol. The van der Waals surface area contributed by atoms with Crippen LogP contribution in [-0.4, -0.2) is 26.2 Å². The fraction of sp³-hybridized carbons (Fsp3) is 0.706. The van der Waals surface area contributed by atoms with E-state index < -0.39 is 0 Å². The molecule has 0 aliphatic carbocycles. The summed E-state index contributed by atoms with van der Waals surface area (Å²) in [7, 11) is 0. The first-order valence-electron chi connectivity index (χ1n) is 8.78. The van der Waals surface area contributed by atoms with Gasteiger partial charge in [0.1, 0.15) is 18.3 Å². The van der Waals surface area contributed by atoms with Gasteiger partial charge in [-0.1, -0.05) is 64.7 Å². The molecule has 0 spiro atoms. The molecule has 0 radical (unpaired) electrons. The van der Waals surface area contributed by atoms with E-state index >= 15 is 0 Å². The van der Waals surface area contributed by atoms with E-state index in [9.17, 15) is 0 Å². The molecule has 2 aliphatic rings. The Balaban J connectivity index is 1.45. The highest BCUT2D eigenvalue weighted by atomic mass is 15.4. The summed E-state index contributed by atoms with van der Waals surface area (Å²) >= 11 is 0. The number of hydrogen-bond acceptors (Lipinski definition) is 4. The van der Waals surface area contributed by atoms with Crippen LogP contribution in [0.4, 0.5) is 0 Å². The molecule has 0 unspecified atom stereocenters.